The zero-order valence-corrected chi connectivity index (χ0v) is 11.8. The lowest BCUT2D eigenvalue weighted by Gasteiger charge is -2.30. The van der Waals surface area contributed by atoms with Crippen LogP contribution in [0.3, 0.4) is 0 Å². The zero-order valence-electron chi connectivity index (χ0n) is 11.8. The van der Waals surface area contributed by atoms with E-state index in [-0.39, 0.29) is 18.2 Å². The van der Waals surface area contributed by atoms with Crippen LogP contribution in [0.4, 0.5) is 0 Å². The number of likely N-dealkylation sites (N-methyl/N-ethyl adjacent to an activating group) is 1. The van der Waals surface area contributed by atoms with Gasteiger partial charge in [0.1, 0.15) is 0 Å². The van der Waals surface area contributed by atoms with Crippen molar-refractivity contribution in [3.63, 3.8) is 0 Å². The third-order valence-corrected chi connectivity index (χ3v) is 3.27. The molecule has 0 bridgehead atoms. The molecule has 4 nitrogen and oxygen atoms in total. The second-order valence-corrected chi connectivity index (χ2v) is 4.49. The lowest BCUT2D eigenvalue weighted by Crippen LogP contribution is -2.46. The van der Waals surface area contributed by atoms with Crippen molar-refractivity contribution in [1.82, 2.24) is 5.32 Å². The Bertz CT molecular complexity index is 164. The van der Waals surface area contributed by atoms with Gasteiger partial charge in [0.15, 0.2) is 0 Å². The van der Waals surface area contributed by atoms with Crippen LogP contribution in [0.2, 0.25) is 0 Å². The Hall–Kier alpha value is -0.160. The van der Waals surface area contributed by atoms with Crippen molar-refractivity contribution in [3.8, 4) is 0 Å². The third kappa shape index (κ3) is 6.99. The van der Waals surface area contributed by atoms with E-state index in [1.165, 1.54) is 0 Å². The Morgan fingerprint density at radius 2 is 2.06 bits per heavy atom. The van der Waals surface area contributed by atoms with Gasteiger partial charge in [0.05, 0.1) is 19.3 Å². The van der Waals surface area contributed by atoms with E-state index in [1.807, 2.05) is 20.9 Å². The van der Waals surface area contributed by atoms with Crippen LogP contribution in [-0.4, -0.2) is 50.2 Å². The molecule has 2 N–H and O–H groups in total. The fraction of sp³-hybridized carbons (Fsp3) is 1.00. The molecule has 0 aliphatic rings. The monoisotopic (exact) mass is 247 g/mol. The minimum Gasteiger partial charge on any atom is -0.394 e. The summed E-state index contributed by atoms with van der Waals surface area (Å²) >= 11 is 0. The van der Waals surface area contributed by atoms with E-state index in [1.54, 1.807) is 0 Å². The summed E-state index contributed by atoms with van der Waals surface area (Å²) < 4.78 is 10.9. The molecule has 0 spiro atoms. The standard InChI is InChI=1S/C13H29NO3/c1-5-13(11-15,14-4)8-7-9-17-12(3)10-16-6-2/h12,14-15H,5-11H2,1-4H3. The first-order chi connectivity index (χ1) is 8.14. The van der Waals surface area contributed by atoms with E-state index in [4.69, 9.17) is 9.47 Å². The summed E-state index contributed by atoms with van der Waals surface area (Å²) in [6.07, 6.45) is 2.95. The fourth-order valence-corrected chi connectivity index (χ4v) is 1.78. The van der Waals surface area contributed by atoms with Crippen LogP contribution in [-0.2, 0) is 9.47 Å². The van der Waals surface area contributed by atoms with Gasteiger partial charge < -0.3 is 19.9 Å². The number of aliphatic hydroxyl groups is 1. The second-order valence-electron chi connectivity index (χ2n) is 4.49. The molecule has 0 aliphatic heterocycles. The molecule has 0 radical (unpaired) electrons. The Balaban J connectivity index is 3.68. The molecule has 17 heavy (non-hydrogen) atoms. The molecule has 0 rings (SSSR count). The van der Waals surface area contributed by atoms with Gasteiger partial charge in [-0.25, -0.2) is 0 Å². The summed E-state index contributed by atoms with van der Waals surface area (Å²) in [5.74, 6) is 0. The summed E-state index contributed by atoms with van der Waals surface area (Å²) in [6, 6.07) is 0. The molecule has 2 unspecified atom stereocenters. The second kappa shape index (κ2) is 9.83. The first-order valence-electron chi connectivity index (χ1n) is 6.63. The molecule has 0 saturated heterocycles. The summed E-state index contributed by atoms with van der Waals surface area (Å²) in [5.41, 5.74) is -0.146. The van der Waals surface area contributed by atoms with Crippen LogP contribution in [0.1, 0.15) is 40.0 Å². The average Bonchev–Trinajstić information content (AvgIpc) is 2.37. The van der Waals surface area contributed by atoms with Crippen molar-refractivity contribution in [2.45, 2.75) is 51.7 Å². The molecule has 104 valence electrons. The van der Waals surface area contributed by atoms with Crippen LogP contribution >= 0.6 is 0 Å². The quantitative estimate of drug-likeness (QED) is 0.544. The molecule has 0 saturated carbocycles. The van der Waals surface area contributed by atoms with E-state index < -0.39 is 0 Å². The van der Waals surface area contributed by atoms with Crippen molar-refractivity contribution >= 4 is 0 Å². The van der Waals surface area contributed by atoms with Crippen molar-refractivity contribution < 1.29 is 14.6 Å². The molecular weight excluding hydrogens is 218 g/mol. The van der Waals surface area contributed by atoms with E-state index in [2.05, 4.69) is 12.2 Å². The molecular formula is C13H29NO3. The average molecular weight is 247 g/mol. The van der Waals surface area contributed by atoms with Gasteiger partial charge in [0.2, 0.25) is 0 Å². The van der Waals surface area contributed by atoms with Gasteiger partial charge in [-0.15, -0.1) is 0 Å². The van der Waals surface area contributed by atoms with Crippen molar-refractivity contribution in [2.24, 2.45) is 0 Å². The van der Waals surface area contributed by atoms with Gasteiger partial charge in [0.25, 0.3) is 0 Å². The summed E-state index contributed by atoms with van der Waals surface area (Å²) in [5, 5.41) is 12.6. The minimum atomic E-state index is -0.146. The maximum atomic E-state index is 9.38. The predicted molar refractivity (Wildman–Crippen MR) is 70.3 cm³/mol. The molecule has 2 atom stereocenters. The van der Waals surface area contributed by atoms with Crippen LogP contribution < -0.4 is 5.32 Å². The van der Waals surface area contributed by atoms with Crippen LogP contribution in [0.5, 0.6) is 0 Å². The highest BCUT2D eigenvalue weighted by Gasteiger charge is 2.24. The maximum absolute atomic E-state index is 9.38. The van der Waals surface area contributed by atoms with E-state index in [9.17, 15) is 5.11 Å². The summed E-state index contributed by atoms with van der Waals surface area (Å²) in [6.45, 7) is 8.37. The number of hydrogen-bond donors (Lipinski definition) is 2. The van der Waals surface area contributed by atoms with Gasteiger partial charge in [-0.2, -0.15) is 0 Å². The number of rotatable bonds is 11. The molecule has 0 heterocycles. The SMILES string of the molecule is CCOCC(C)OCCCC(CC)(CO)NC. The highest BCUT2D eigenvalue weighted by molar-refractivity contribution is 4.84. The van der Waals surface area contributed by atoms with Crippen molar-refractivity contribution in [2.75, 3.05) is 33.5 Å². The van der Waals surface area contributed by atoms with Gasteiger partial charge in [0, 0.05) is 18.8 Å². The lowest BCUT2D eigenvalue weighted by molar-refractivity contribution is -0.00720. The molecule has 0 aromatic heterocycles. The van der Waals surface area contributed by atoms with Gasteiger partial charge in [-0.05, 0) is 40.2 Å². The third-order valence-electron chi connectivity index (χ3n) is 3.27. The van der Waals surface area contributed by atoms with Gasteiger partial charge >= 0.3 is 0 Å². The number of ether oxygens (including phenoxy) is 2. The van der Waals surface area contributed by atoms with E-state index in [0.717, 1.165) is 32.5 Å². The highest BCUT2D eigenvalue weighted by Crippen LogP contribution is 2.16. The summed E-state index contributed by atoms with van der Waals surface area (Å²) in [7, 11) is 1.90. The predicted octanol–water partition coefficient (Wildman–Crippen LogP) is 1.57. The largest absolute Gasteiger partial charge is 0.394 e. The normalized spacial score (nSPS) is 16.8. The number of nitrogens with one attached hydrogen (secondary N) is 1. The Labute approximate surface area is 106 Å². The highest BCUT2D eigenvalue weighted by atomic mass is 16.5. The van der Waals surface area contributed by atoms with Crippen LogP contribution in [0.15, 0.2) is 0 Å². The van der Waals surface area contributed by atoms with Gasteiger partial charge in [-0.1, -0.05) is 6.92 Å². The smallest absolute Gasteiger partial charge is 0.0780 e. The molecule has 0 aromatic carbocycles. The van der Waals surface area contributed by atoms with E-state index >= 15 is 0 Å². The number of aliphatic hydroxyl groups excluding tert-OH is 1. The summed E-state index contributed by atoms with van der Waals surface area (Å²) in [4.78, 5) is 0. The Morgan fingerprint density at radius 3 is 2.53 bits per heavy atom. The maximum Gasteiger partial charge on any atom is 0.0780 e. The van der Waals surface area contributed by atoms with Gasteiger partial charge in [-0.3, -0.25) is 0 Å². The lowest BCUT2D eigenvalue weighted by atomic mass is 9.92. The number of hydrogen-bond acceptors (Lipinski definition) is 4. The zero-order chi connectivity index (χ0) is 13.1. The fourth-order valence-electron chi connectivity index (χ4n) is 1.78. The van der Waals surface area contributed by atoms with Crippen LogP contribution in [0, 0.1) is 0 Å². The Kier molecular flexibility index (Phi) is 9.74. The van der Waals surface area contributed by atoms with E-state index in [0.29, 0.717) is 6.61 Å². The molecule has 0 aliphatic carbocycles. The van der Waals surface area contributed by atoms with Crippen LogP contribution in [0.25, 0.3) is 0 Å². The Morgan fingerprint density at radius 1 is 1.35 bits per heavy atom. The molecule has 0 amide bonds. The van der Waals surface area contributed by atoms with Crippen molar-refractivity contribution in [3.05, 3.63) is 0 Å². The molecule has 0 aromatic rings. The first kappa shape index (κ1) is 16.8. The molecule has 0 fully saturated rings. The molecule has 4 heteroatoms. The van der Waals surface area contributed by atoms with Crippen molar-refractivity contribution in [1.29, 1.82) is 0 Å². The topological polar surface area (TPSA) is 50.7 Å². The first-order valence-corrected chi connectivity index (χ1v) is 6.63. The minimum absolute atomic E-state index is 0.146.